The summed E-state index contributed by atoms with van der Waals surface area (Å²) in [6.07, 6.45) is 4.67. The molecule has 1 aromatic heterocycles. The largest absolute Gasteiger partial charge is 0.384 e. The van der Waals surface area contributed by atoms with Crippen LogP contribution in [-0.2, 0) is 11.3 Å². The van der Waals surface area contributed by atoms with E-state index in [1.54, 1.807) is 6.20 Å². The zero-order valence-electron chi connectivity index (χ0n) is 7.92. The summed E-state index contributed by atoms with van der Waals surface area (Å²) >= 11 is 0. The van der Waals surface area contributed by atoms with Gasteiger partial charge in [-0.15, -0.1) is 0 Å². The fraction of sp³-hybridized carbons (Fsp3) is 0.556. The minimum atomic E-state index is 0.105. The first kappa shape index (κ1) is 9.05. The number of nitrogens with two attached hydrogens (primary N) is 1. The number of nitrogen functional groups attached to an aromatic ring is 1. The smallest absolute Gasteiger partial charge is 0.220 e. The molecule has 14 heavy (non-hydrogen) atoms. The van der Waals surface area contributed by atoms with Gasteiger partial charge in [-0.2, -0.15) is 5.10 Å². The van der Waals surface area contributed by atoms with E-state index in [9.17, 15) is 4.79 Å². The van der Waals surface area contributed by atoms with Crippen LogP contribution in [0.25, 0.3) is 0 Å². The van der Waals surface area contributed by atoms with Crippen molar-refractivity contribution in [1.29, 1.82) is 0 Å². The van der Waals surface area contributed by atoms with Gasteiger partial charge in [0, 0.05) is 18.5 Å². The normalized spacial score (nSPS) is 15.4. The quantitative estimate of drug-likeness (QED) is 0.649. The highest BCUT2D eigenvalue weighted by Gasteiger charge is 2.24. The highest BCUT2D eigenvalue weighted by molar-refractivity contribution is 5.76. The van der Waals surface area contributed by atoms with Crippen molar-refractivity contribution in [2.24, 2.45) is 5.92 Å². The highest BCUT2D eigenvalue weighted by Crippen LogP contribution is 2.32. The number of H-pyrrole nitrogens is 1. The summed E-state index contributed by atoms with van der Waals surface area (Å²) in [5.41, 5.74) is 6.41. The molecule has 1 aliphatic carbocycles. The molecule has 0 unspecified atom stereocenters. The minimum absolute atomic E-state index is 0.105. The number of nitrogens with zero attached hydrogens (tertiary/aromatic N) is 1. The molecule has 4 N–H and O–H groups in total. The van der Waals surface area contributed by atoms with Crippen molar-refractivity contribution in [1.82, 2.24) is 15.5 Å². The summed E-state index contributed by atoms with van der Waals surface area (Å²) < 4.78 is 0. The zero-order valence-corrected chi connectivity index (χ0v) is 7.92. The third kappa shape index (κ3) is 2.25. The van der Waals surface area contributed by atoms with Gasteiger partial charge in [-0.1, -0.05) is 0 Å². The second-order valence-electron chi connectivity index (χ2n) is 3.73. The number of carbonyl (C=O) groups excluding carboxylic acids is 1. The maximum atomic E-state index is 11.3. The van der Waals surface area contributed by atoms with Crippen molar-refractivity contribution >= 4 is 11.7 Å². The number of aromatic amines is 1. The lowest BCUT2D eigenvalue weighted by atomic mass is 10.2. The van der Waals surface area contributed by atoms with Crippen LogP contribution in [0.2, 0.25) is 0 Å². The van der Waals surface area contributed by atoms with Crippen LogP contribution in [0.15, 0.2) is 6.20 Å². The van der Waals surface area contributed by atoms with Crippen LogP contribution in [0.5, 0.6) is 0 Å². The zero-order chi connectivity index (χ0) is 9.97. The van der Waals surface area contributed by atoms with E-state index in [0.717, 1.165) is 5.56 Å². The fourth-order valence-corrected chi connectivity index (χ4v) is 1.31. The Kier molecular flexibility index (Phi) is 2.39. The van der Waals surface area contributed by atoms with Crippen LogP contribution >= 0.6 is 0 Å². The molecule has 5 nitrogen and oxygen atoms in total. The fourth-order valence-electron chi connectivity index (χ4n) is 1.31. The Bertz CT molecular complexity index is 329. The summed E-state index contributed by atoms with van der Waals surface area (Å²) in [6.45, 7) is 0.466. The van der Waals surface area contributed by atoms with Gasteiger partial charge in [-0.25, -0.2) is 0 Å². The molecule has 0 aliphatic heterocycles. The molecular formula is C9H14N4O. The summed E-state index contributed by atoms with van der Waals surface area (Å²) in [5.74, 6) is 1.25. The van der Waals surface area contributed by atoms with Crippen molar-refractivity contribution in [2.45, 2.75) is 25.8 Å². The summed E-state index contributed by atoms with van der Waals surface area (Å²) in [4.78, 5) is 11.3. The number of hydrogen-bond donors (Lipinski definition) is 3. The van der Waals surface area contributed by atoms with Gasteiger partial charge in [0.1, 0.15) is 5.82 Å². The predicted molar refractivity (Wildman–Crippen MR) is 52.2 cm³/mol. The lowest BCUT2D eigenvalue weighted by Crippen LogP contribution is -2.23. The van der Waals surface area contributed by atoms with E-state index in [0.29, 0.717) is 24.7 Å². The first-order chi connectivity index (χ1) is 6.75. The minimum Gasteiger partial charge on any atom is -0.384 e. The maximum absolute atomic E-state index is 11.3. The van der Waals surface area contributed by atoms with Gasteiger partial charge >= 0.3 is 0 Å². The van der Waals surface area contributed by atoms with Gasteiger partial charge in [0.2, 0.25) is 5.91 Å². The summed E-state index contributed by atoms with van der Waals surface area (Å²) in [5, 5.41) is 9.21. The number of amides is 1. The molecule has 0 atom stereocenters. The van der Waals surface area contributed by atoms with Crippen LogP contribution in [0.1, 0.15) is 24.8 Å². The predicted octanol–water partition coefficient (Wildman–Crippen LogP) is 0.408. The number of anilines is 1. The van der Waals surface area contributed by atoms with Crippen LogP contribution in [0.3, 0.4) is 0 Å². The Hall–Kier alpha value is -1.52. The molecule has 0 saturated heterocycles. The average molecular weight is 194 g/mol. The molecule has 1 saturated carbocycles. The molecule has 1 aliphatic rings. The molecule has 0 radical (unpaired) electrons. The Balaban J connectivity index is 1.76. The summed E-state index contributed by atoms with van der Waals surface area (Å²) in [6, 6.07) is 0. The standard InChI is InChI=1S/C9H14N4O/c10-9-7(5-12-13-9)4-11-8(14)3-6-1-2-6/h5-6H,1-4H2,(H,11,14)(H3,10,12,13). The monoisotopic (exact) mass is 194 g/mol. The second-order valence-corrected chi connectivity index (χ2v) is 3.73. The van der Waals surface area contributed by atoms with Crippen LogP contribution in [-0.4, -0.2) is 16.1 Å². The molecule has 76 valence electrons. The number of hydrogen-bond acceptors (Lipinski definition) is 3. The number of rotatable bonds is 4. The van der Waals surface area contributed by atoms with Crippen LogP contribution in [0.4, 0.5) is 5.82 Å². The molecule has 1 amide bonds. The molecule has 0 spiro atoms. The van der Waals surface area contributed by atoms with Gasteiger partial charge < -0.3 is 11.1 Å². The number of nitrogens with one attached hydrogen (secondary N) is 2. The number of carbonyl (C=O) groups is 1. The van der Waals surface area contributed by atoms with Crippen LogP contribution in [0, 0.1) is 5.92 Å². The van der Waals surface area contributed by atoms with Crippen molar-refractivity contribution in [3.63, 3.8) is 0 Å². The van der Waals surface area contributed by atoms with E-state index in [4.69, 9.17) is 5.73 Å². The van der Waals surface area contributed by atoms with E-state index >= 15 is 0 Å². The van der Waals surface area contributed by atoms with Gasteiger partial charge in [-0.05, 0) is 18.8 Å². The first-order valence-corrected chi connectivity index (χ1v) is 4.80. The van der Waals surface area contributed by atoms with E-state index in [-0.39, 0.29) is 5.91 Å². The van der Waals surface area contributed by atoms with Gasteiger partial charge in [0.15, 0.2) is 0 Å². The number of aromatic nitrogens is 2. The average Bonchev–Trinajstić information content (AvgIpc) is 2.86. The Morgan fingerprint density at radius 3 is 3.07 bits per heavy atom. The molecule has 0 bridgehead atoms. The third-order valence-electron chi connectivity index (χ3n) is 2.40. The lowest BCUT2D eigenvalue weighted by Gasteiger charge is -2.02. The van der Waals surface area contributed by atoms with E-state index in [1.165, 1.54) is 12.8 Å². The van der Waals surface area contributed by atoms with E-state index in [2.05, 4.69) is 15.5 Å². The molecule has 2 rings (SSSR count). The molecule has 1 heterocycles. The molecule has 0 aromatic carbocycles. The highest BCUT2D eigenvalue weighted by atomic mass is 16.1. The maximum Gasteiger partial charge on any atom is 0.220 e. The Morgan fingerprint density at radius 2 is 2.50 bits per heavy atom. The molecule has 5 heteroatoms. The summed E-state index contributed by atoms with van der Waals surface area (Å²) in [7, 11) is 0. The van der Waals surface area contributed by atoms with E-state index in [1.807, 2.05) is 0 Å². The second kappa shape index (κ2) is 3.69. The molecular weight excluding hydrogens is 180 g/mol. The first-order valence-electron chi connectivity index (χ1n) is 4.80. The van der Waals surface area contributed by atoms with Crippen LogP contribution < -0.4 is 11.1 Å². The molecule has 1 aromatic rings. The van der Waals surface area contributed by atoms with Gasteiger partial charge in [0.05, 0.1) is 6.20 Å². The molecule has 1 fully saturated rings. The lowest BCUT2D eigenvalue weighted by molar-refractivity contribution is -0.121. The topological polar surface area (TPSA) is 83.8 Å². The Morgan fingerprint density at radius 1 is 1.71 bits per heavy atom. The van der Waals surface area contributed by atoms with E-state index < -0.39 is 0 Å². The van der Waals surface area contributed by atoms with Gasteiger partial charge in [-0.3, -0.25) is 9.89 Å². The van der Waals surface area contributed by atoms with Gasteiger partial charge in [0.25, 0.3) is 0 Å². The SMILES string of the molecule is Nc1[nH]ncc1CNC(=O)CC1CC1. The van der Waals surface area contributed by atoms with Crippen molar-refractivity contribution < 1.29 is 4.79 Å². The third-order valence-corrected chi connectivity index (χ3v) is 2.40. The van der Waals surface area contributed by atoms with Crippen molar-refractivity contribution in [2.75, 3.05) is 5.73 Å². The Labute approximate surface area is 82.1 Å². The van der Waals surface area contributed by atoms with Crippen molar-refractivity contribution in [3.05, 3.63) is 11.8 Å². The van der Waals surface area contributed by atoms with Crippen molar-refractivity contribution in [3.8, 4) is 0 Å².